The Balaban J connectivity index is 2.35. The summed E-state index contributed by atoms with van der Waals surface area (Å²) in [4.78, 5) is 12.8. The van der Waals surface area contributed by atoms with E-state index in [1.54, 1.807) is 14.0 Å². The average molecular weight is 223 g/mol. The van der Waals surface area contributed by atoms with Crippen LogP contribution in [0.4, 0.5) is 4.79 Å². The van der Waals surface area contributed by atoms with Crippen molar-refractivity contribution < 1.29 is 14.6 Å². The van der Waals surface area contributed by atoms with Gasteiger partial charge in [0.25, 0.3) is 0 Å². The molecule has 1 unspecified atom stereocenters. The molecule has 0 aliphatic carbocycles. The van der Waals surface area contributed by atoms with E-state index in [9.17, 15) is 4.79 Å². The summed E-state index contributed by atoms with van der Waals surface area (Å²) in [7, 11) is 1.60. The molecule has 0 heterocycles. The van der Waals surface area contributed by atoms with E-state index in [2.05, 4.69) is 0 Å². The highest BCUT2D eigenvalue weighted by molar-refractivity contribution is 5.67. The van der Waals surface area contributed by atoms with E-state index in [-0.39, 0.29) is 13.2 Å². The van der Waals surface area contributed by atoms with E-state index in [4.69, 9.17) is 9.84 Å². The van der Waals surface area contributed by atoms with Crippen LogP contribution in [0.15, 0.2) is 30.3 Å². The molecule has 0 aromatic heterocycles. The summed E-state index contributed by atoms with van der Waals surface area (Å²) in [5, 5.41) is 9.11. The van der Waals surface area contributed by atoms with E-state index in [1.165, 1.54) is 4.90 Å². The van der Waals surface area contributed by atoms with E-state index >= 15 is 0 Å². The van der Waals surface area contributed by atoms with Gasteiger partial charge in [-0.2, -0.15) is 0 Å². The molecule has 88 valence electrons. The molecule has 0 spiro atoms. The molecule has 0 fully saturated rings. The average Bonchev–Trinajstić information content (AvgIpc) is 2.26. The molecule has 16 heavy (non-hydrogen) atoms. The van der Waals surface area contributed by atoms with Crippen LogP contribution >= 0.6 is 0 Å². The van der Waals surface area contributed by atoms with Crippen molar-refractivity contribution in [2.45, 2.75) is 19.6 Å². The first-order chi connectivity index (χ1) is 7.59. The quantitative estimate of drug-likeness (QED) is 0.844. The number of rotatable bonds is 4. The second-order valence-corrected chi connectivity index (χ2v) is 3.77. The highest BCUT2D eigenvalue weighted by Crippen LogP contribution is 2.02. The zero-order chi connectivity index (χ0) is 12.0. The van der Waals surface area contributed by atoms with Gasteiger partial charge >= 0.3 is 6.09 Å². The number of hydrogen-bond acceptors (Lipinski definition) is 3. The molecule has 4 nitrogen and oxygen atoms in total. The fourth-order valence-electron chi connectivity index (χ4n) is 1.30. The van der Waals surface area contributed by atoms with Crippen LogP contribution in [-0.4, -0.2) is 35.8 Å². The number of ether oxygens (including phenoxy) is 1. The standard InChI is InChI=1S/C12H17NO3/c1-10(14)8-13(2)12(15)16-9-11-6-4-3-5-7-11/h3-7,10,14H,8-9H2,1-2H3. The molecule has 0 aliphatic heterocycles. The summed E-state index contributed by atoms with van der Waals surface area (Å²) in [6, 6.07) is 9.47. The van der Waals surface area contributed by atoms with E-state index in [0.29, 0.717) is 0 Å². The molecule has 0 saturated carbocycles. The fraction of sp³-hybridized carbons (Fsp3) is 0.417. The van der Waals surface area contributed by atoms with Crippen molar-refractivity contribution in [3.8, 4) is 0 Å². The molecule has 1 rings (SSSR count). The van der Waals surface area contributed by atoms with Crippen LogP contribution in [0.3, 0.4) is 0 Å². The lowest BCUT2D eigenvalue weighted by Gasteiger charge is -2.18. The van der Waals surface area contributed by atoms with Gasteiger partial charge in [-0.1, -0.05) is 30.3 Å². The Morgan fingerprint density at radius 1 is 1.44 bits per heavy atom. The largest absolute Gasteiger partial charge is 0.445 e. The first-order valence-electron chi connectivity index (χ1n) is 5.19. The molecule has 1 N–H and O–H groups in total. The van der Waals surface area contributed by atoms with Crippen molar-refractivity contribution in [1.82, 2.24) is 4.90 Å². The van der Waals surface area contributed by atoms with Gasteiger partial charge in [-0.15, -0.1) is 0 Å². The maximum atomic E-state index is 11.4. The number of benzene rings is 1. The number of nitrogens with zero attached hydrogens (tertiary/aromatic N) is 1. The highest BCUT2D eigenvalue weighted by atomic mass is 16.6. The lowest BCUT2D eigenvalue weighted by molar-refractivity contribution is 0.0834. The fourth-order valence-corrected chi connectivity index (χ4v) is 1.30. The Morgan fingerprint density at radius 2 is 2.06 bits per heavy atom. The van der Waals surface area contributed by atoms with Crippen LogP contribution in [-0.2, 0) is 11.3 Å². The van der Waals surface area contributed by atoms with Crippen LogP contribution in [0.2, 0.25) is 0 Å². The Kier molecular flexibility index (Phi) is 4.79. The van der Waals surface area contributed by atoms with Gasteiger partial charge in [-0.25, -0.2) is 4.79 Å². The smallest absolute Gasteiger partial charge is 0.409 e. The molecule has 1 aromatic carbocycles. The second-order valence-electron chi connectivity index (χ2n) is 3.77. The molecule has 0 bridgehead atoms. The Bertz CT molecular complexity index is 324. The summed E-state index contributed by atoms with van der Waals surface area (Å²) < 4.78 is 5.07. The van der Waals surface area contributed by atoms with Crippen molar-refractivity contribution >= 4 is 6.09 Å². The number of carbonyl (C=O) groups is 1. The van der Waals surface area contributed by atoms with Crippen molar-refractivity contribution in [3.05, 3.63) is 35.9 Å². The van der Waals surface area contributed by atoms with Crippen molar-refractivity contribution in [3.63, 3.8) is 0 Å². The molecule has 1 aromatic rings. The number of aliphatic hydroxyl groups excluding tert-OH is 1. The summed E-state index contributed by atoms with van der Waals surface area (Å²) in [6.45, 7) is 2.15. The minimum absolute atomic E-state index is 0.254. The Morgan fingerprint density at radius 3 is 2.62 bits per heavy atom. The van der Waals surface area contributed by atoms with Gasteiger partial charge in [0.2, 0.25) is 0 Å². The van der Waals surface area contributed by atoms with E-state index in [0.717, 1.165) is 5.56 Å². The van der Waals surface area contributed by atoms with Gasteiger partial charge < -0.3 is 14.7 Å². The molecule has 0 saturated heterocycles. The third kappa shape index (κ3) is 4.31. The monoisotopic (exact) mass is 223 g/mol. The minimum atomic E-state index is -0.547. The first-order valence-corrected chi connectivity index (χ1v) is 5.19. The Labute approximate surface area is 95.5 Å². The topological polar surface area (TPSA) is 49.8 Å². The second kappa shape index (κ2) is 6.12. The summed E-state index contributed by atoms with van der Waals surface area (Å²) >= 11 is 0. The van der Waals surface area contributed by atoms with Gasteiger partial charge in [0, 0.05) is 13.6 Å². The predicted molar refractivity (Wildman–Crippen MR) is 60.9 cm³/mol. The summed E-state index contributed by atoms with van der Waals surface area (Å²) in [6.07, 6.45) is -0.973. The third-order valence-corrected chi connectivity index (χ3v) is 2.05. The van der Waals surface area contributed by atoms with Gasteiger partial charge in [0.1, 0.15) is 6.61 Å². The lowest BCUT2D eigenvalue weighted by atomic mass is 10.2. The molecule has 4 heteroatoms. The first kappa shape index (κ1) is 12.5. The normalized spacial score (nSPS) is 11.9. The van der Waals surface area contributed by atoms with Crippen LogP contribution in [0.1, 0.15) is 12.5 Å². The van der Waals surface area contributed by atoms with Gasteiger partial charge in [-0.3, -0.25) is 0 Å². The van der Waals surface area contributed by atoms with Crippen LogP contribution in [0.25, 0.3) is 0 Å². The van der Waals surface area contributed by atoms with Crippen molar-refractivity contribution in [2.75, 3.05) is 13.6 Å². The Hall–Kier alpha value is -1.55. The zero-order valence-electron chi connectivity index (χ0n) is 9.59. The summed E-state index contributed by atoms with van der Waals surface area (Å²) in [5.74, 6) is 0. The molecular weight excluding hydrogens is 206 g/mol. The SMILES string of the molecule is CC(O)CN(C)C(=O)OCc1ccccc1. The number of likely N-dealkylation sites (N-methyl/N-ethyl adjacent to an activating group) is 1. The number of aliphatic hydroxyl groups is 1. The number of amides is 1. The number of carbonyl (C=O) groups excluding carboxylic acids is 1. The molecule has 1 amide bonds. The van der Waals surface area contributed by atoms with E-state index < -0.39 is 12.2 Å². The van der Waals surface area contributed by atoms with Gasteiger partial charge in [0.15, 0.2) is 0 Å². The highest BCUT2D eigenvalue weighted by Gasteiger charge is 2.11. The van der Waals surface area contributed by atoms with Crippen LogP contribution < -0.4 is 0 Å². The maximum Gasteiger partial charge on any atom is 0.409 e. The predicted octanol–water partition coefficient (Wildman–Crippen LogP) is 1.64. The molecule has 1 atom stereocenters. The zero-order valence-corrected chi connectivity index (χ0v) is 9.59. The van der Waals surface area contributed by atoms with Gasteiger partial charge in [-0.05, 0) is 12.5 Å². The van der Waals surface area contributed by atoms with E-state index in [1.807, 2.05) is 30.3 Å². The van der Waals surface area contributed by atoms with Crippen LogP contribution in [0.5, 0.6) is 0 Å². The van der Waals surface area contributed by atoms with Gasteiger partial charge in [0.05, 0.1) is 6.10 Å². The minimum Gasteiger partial charge on any atom is -0.445 e. The lowest BCUT2D eigenvalue weighted by Crippen LogP contribution is -2.33. The summed E-state index contributed by atoms with van der Waals surface area (Å²) in [5.41, 5.74) is 0.946. The van der Waals surface area contributed by atoms with Crippen molar-refractivity contribution in [2.24, 2.45) is 0 Å². The maximum absolute atomic E-state index is 11.4. The molecule has 0 aliphatic rings. The molecular formula is C12H17NO3. The van der Waals surface area contributed by atoms with Crippen molar-refractivity contribution in [1.29, 1.82) is 0 Å². The molecule has 0 radical (unpaired) electrons. The third-order valence-electron chi connectivity index (χ3n) is 2.05. The number of hydrogen-bond donors (Lipinski definition) is 1. The van der Waals surface area contributed by atoms with Crippen LogP contribution in [0, 0.1) is 0 Å².